The Morgan fingerprint density at radius 3 is 2.04 bits per heavy atom. The summed E-state index contributed by atoms with van der Waals surface area (Å²) in [4.78, 5) is 117. The summed E-state index contributed by atoms with van der Waals surface area (Å²) in [6.45, 7) is 4.60. The van der Waals surface area contributed by atoms with Crippen LogP contribution in [0.5, 0.6) is 0 Å². The van der Waals surface area contributed by atoms with Gasteiger partial charge in [0.15, 0.2) is 0 Å². The van der Waals surface area contributed by atoms with Crippen molar-refractivity contribution in [3.63, 3.8) is 0 Å². The number of carbonyl (C=O) groups is 9. The normalized spacial score (nSPS) is 25.0. The minimum atomic E-state index is -1.79. The molecule has 0 radical (unpaired) electrons. The van der Waals surface area contributed by atoms with Crippen molar-refractivity contribution in [3.8, 4) is 0 Å². The molecule has 0 fully saturated rings. The predicted molar refractivity (Wildman–Crippen MR) is 196 cm³/mol. The third-order valence-corrected chi connectivity index (χ3v) is 8.64. The van der Waals surface area contributed by atoms with Crippen LogP contribution in [-0.2, 0) is 56.1 Å². The van der Waals surface area contributed by atoms with E-state index in [1.165, 1.54) is 20.0 Å². The molecule has 2 rings (SSSR count). The smallest absolute Gasteiger partial charge is 0.245 e. The molecule has 0 aliphatic carbocycles. The fourth-order valence-corrected chi connectivity index (χ4v) is 5.28. The maximum Gasteiger partial charge on any atom is 0.245 e. The average molecular weight is 811 g/mol. The van der Waals surface area contributed by atoms with Crippen molar-refractivity contribution in [1.82, 2.24) is 52.2 Å². The molecule has 0 unspecified atom stereocenters. The minimum Gasteiger partial charge on any atom is -0.391 e. The summed E-state index contributed by atoms with van der Waals surface area (Å²) in [5, 5.41) is 45.0. The number of nitrogens with zero attached hydrogens (tertiary/aromatic N) is 3. The van der Waals surface area contributed by atoms with Crippen LogP contribution in [0.1, 0.15) is 59.1 Å². The van der Waals surface area contributed by atoms with E-state index in [0.29, 0.717) is 19.4 Å². The quantitative estimate of drug-likeness (QED) is 0.0823. The second-order valence-corrected chi connectivity index (χ2v) is 13.7. The van der Waals surface area contributed by atoms with Crippen molar-refractivity contribution in [3.05, 3.63) is 11.9 Å². The molecule has 1 aliphatic rings. The number of hydrogen-bond donors (Lipinski definition) is 13. The number of aliphatic hydroxyl groups is 2. The number of nitrogens with two attached hydrogens (primary N) is 4. The molecule has 9 amide bonds. The molecule has 0 aromatic carbocycles. The highest BCUT2D eigenvalue weighted by Gasteiger charge is 2.36. The molecule has 0 saturated carbocycles. The van der Waals surface area contributed by atoms with Crippen molar-refractivity contribution in [1.29, 1.82) is 0 Å². The molecule has 2 bridgehead atoms. The van der Waals surface area contributed by atoms with Crippen molar-refractivity contribution in [2.75, 3.05) is 6.54 Å². The largest absolute Gasteiger partial charge is 0.391 e. The molecule has 1 aromatic heterocycles. The summed E-state index contributed by atoms with van der Waals surface area (Å²) < 4.78 is 1.07. The molecule has 318 valence electrons. The number of aromatic nitrogens is 3. The molecule has 1 aromatic rings. The lowest BCUT2D eigenvalue weighted by Crippen LogP contribution is -2.62. The predicted octanol–water partition coefficient (Wildman–Crippen LogP) is -8.15. The Balaban J connectivity index is 2.68. The van der Waals surface area contributed by atoms with Gasteiger partial charge in [-0.2, -0.15) is 0 Å². The van der Waals surface area contributed by atoms with Crippen molar-refractivity contribution < 1.29 is 53.4 Å². The standard InChI is InChI=1S/C32H54N14O11/c1-13(25(36)50)37-30(55)21-12-46-11-17(44-45-46)9-19(39-27(52)18(34)7-5-6-8-33)28(53)40-20(10-22(35)49)29(54)43-23(15(3)47)31(56)38-14(2)26(51)42-24(16(4)48)32(57)41-21/h11,13-16,18-21,23-24,47-48H,5-10,12,33-34H2,1-4H3,(H2,35,49)(H2,36,50)(H,37,55)(H,38,56)(H,39,52)(H,40,53)(H,41,57)(H,42,51)(H,43,54)/t13-,14-,15+,16+,18-,19-,20-,21-,23-,24-/m0/s1. The Labute approximate surface area is 326 Å². The number of aliphatic hydroxyl groups excluding tert-OH is 2. The Hall–Kier alpha value is -5.79. The van der Waals surface area contributed by atoms with Gasteiger partial charge < -0.3 is 70.4 Å². The van der Waals surface area contributed by atoms with E-state index in [2.05, 4.69) is 47.5 Å². The number of unbranched alkanes of at least 4 members (excludes halogenated alkanes) is 1. The number of fused-ring (bicyclic) bond motifs is 2. The van der Waals surface area contributed by atoms with Crippen LogP contribution >= 0.6 is 0 Å². The number of hydrogen-bond acceptors (Lipinski definition) is 15. The van der Waals surface area contributed by atoms with Crippen LogP contribution in [-0.4, -0.2) is 145 Å². The third kappa shape index (κ3) is 15.0. The second kappa shape index (κ2) is 22.1. The molecule has 25 nitrogen and oxygen atoms in total. The molecule has 2 heterocycles. The van der Waals surface area contributed by atoms with Gasteiger partial charge in [0.1, 0.15) is 42.3 Å². The molecule has 57 heavy (non-hydrogen) atoms. The van der Waals surface area contributed by atoms with Gasteiger partial charge in [0.25, 0.3) is 0 Å². The fraction of sp³-hybridized carbons (Fsp3) is 0.656. The van der Waals surface area contributed by atoms with Gasteiger partial charge in [-0.05, 0) is 47.1 Å². The van der Waals surface area contributed by atoms with Crippen LogP contribution in [0.15, 0.2) is 6.20 Å². The summed E-state index contributed by atoms with van der Waals surface area (Å²) in [6.07, 6.45) is -1.94. The first-order valence-electron chi connectivity index (χ1n) is 18.1. The SMILES string of the molecule is C[C@H](NC(=O)[C@@H]1Cn2cc(nn2)C[C@H](NC(=O)[C@@H](N)CCCCN)C(=O)N[C@@H](CC(N)=O)C(=O)N[C@@H]([C@@H](C)O)C(=O)N[C@@H](C)C(=O)N[C@@H]([C@@H](C)O)C(=O)N1)C(N)=O. The van der Waals surface area contributed by atoms with E-state index in [9.17, 15) is 53.4 Å². The Bertz CT molecular complexity index is 1640. The maximum absolute atomic E-state index is 13.8. The lowest BCUT2D eigenvalue weighted by atomic mass is 10.1. The van der Waals surface area contributed by atoms with Gasteiger partial charge >= 0.3 is 0 Å². The monoisotopic (exact) mass is 810 g/mol. The van der Waals surface area contributed by atoms with E-state index < -0.39 is 133 Å². The van der Waals surface area contributed by atoms with E-state index in [4.69, 9.17) is 22.9 Å². The highest BCUT2D eigenvalue weighted by atomic mass is 16.3. The van der Waals surface area contributed by atoms with E-state index in [1.807, 2.05) is 0 Å². The van der Waals surface area contributed by atoms with Gasteiger partial charge in [-0.25, -0.2) is 4.68 Å². The van der Waals surface area contributed by atoms with Gasteiger partial charge in [0.05, 0.1) is 36.9 Å². The summed E-state index contributed by atoms with van der Waals surface area (Å²) >= 11 is 0. The van der Waals surface area contributed by atoms with Gasteiger partial charge in [-0.15, -0.1) is 5.10 Å². The topological polar surface area (TPSA) is 413 Å². The fourth-order valence-electron chi connectivity index (χ4n) is 5.28. The zero-order valence-electron chi connectivity index (χ0n) is 32.0. The first-order chi connectivity index (χ1) is 26.6. The molecular weight excluding hydrogens is 756 g/mol. The average Bonchev–Trinajstić information content (AvgIpc) is 3.56. The summed E-state index contributed by atoms with van der Waals surface area (Å²) in [7, 11) is 0. The van der Waals surface area contributed by atoms with E-state index >= 15 is 0 Å². The minimum absolute atomic E-state index is 0.0129. The van der Waals surface area contributed by atoms with Gasteiger partial charge in [-0.3, -0.25) is 43.2 Å². The molecule has 0 saturated heterocycles. The zero-order valence-corrected chi connectivity index (χ0v) is 32.0. The lowest BCUT2D eigenvalue weighted by Gasteiger charge is -2.28. The van der Waals surface area contributed by atoms with E-state index in [0.717, 1.165) is 18.5 Å². The van der Waals surface area contributed by atoms with Crippen molar-refractivity contribution >= 4 is 53.2 Å². The van der Waals surface area contributed by atoms with Gasteiger partial charge in [0.2, 0.25) is 53.2 Å². The van der Waals surface area contributed by atoms with Crippen LogP contribution in [0.3, 0.4) is 0 Å². The van der Waals surface area contributed by atoms with Crippen LogP contribution in [0.4, 0.5) is 0 Å². The summed E-state index contributed by atoms with van der Waals surface area (Å²) in [5.74, 6) is -9.15. The molecule has 1 aliphatic heterocycles. The van der Waals surface area contributed by atoms with Crippen molar-refractivity contribution in [2.24, 2.45) is 22.9 Å². The van der Waals surface area contributed by atoms with E-state index in [1.54, 1.807) is 0 Å². The number of rotatable bonds is 13. The van der Waals surface area contributed by atoms with Crippen LogP contribution < -0.4 is 60.2 Å². The van der Waals surface area contributed by atoms with E-state index in [-0.39, 0.29) is 12.1 Å². The van der Waals surface area contributed by atoms with Crippen LogP contribution in [0.2, 0.25) is 0 Å². The molecule has 0 spiro atoms. The molecule has 25 heteroatoms. The lowest BCUT2D eigenvalue weighted by molar-refractivity contribution is -0.138. The van der Waals surface area contributed by atoms with Crippen molar-refractivity contribution in [2.45, 2.75) is 127 Å². The highest BCUT2D eigenvalue weighted by molar-refractivity contribution is 5.99. The Morgan fingerprint density at radius 1 is 0.877 bits per heavy atom. The Kier molecular flexibility index (Phi) is 18.3. The number of primary amides is 2. The highest BCUT2D eigenvalue weighted by Crippen LogP contribution is 2.07. The van der Waals surface area contributed by atoms with Gasteiger partial charge in [-0.1, -0.05) is 11.6 Å². The van der Waals surface area contributed by atoms with Crippen LogP contribution in [0, 0.1) is 0 Å². The number of amides is 9. The maximum atomic E-state index is 13.8. The summed E-state index contributed by atoms with van der Waals surface area (Å²) in [6, 6.07) is -12.2. The first-order valence-corrected chi connectivity index (χ1v) is 18.1. The third-order valence-electron chi connectivity index (χ3n) is 8.64. The Morgan fingerprint density at radius 2 is 1.47 bits per heavy atom. The van der Waals surface area contributed by atoms with Gasteiger partial charge in [0, 0.05) is 12.6 Å². The molecular formula is C32H54N14O11. The number of carbonyl (C=O) groups excluding carboxylic acids is 9. The summed E-state index contributed by atoms with van der Waals surface area (Å²) in [5.41, 5.74) is 22.2. The van der Waals surface area contributed by atoms with Crippen LogP contribution in [0.25, 0.3) is 0 Å². The first kappa shape index (κ1) is 47.4. The molecule has 10 atom stereocenters. The second-order valence-electron chi connectivity index (χ2n) is 13.7. The zero-order chi connectivity index (χ0) is 43.1. The molecule has 17 N–H and O–H groups in total. The number of nitrogens with one attached hydrogen (secondary N) is 7.